The van der Waals surface area contributed by atoms with Crippen LogP contribution in [0.15, 0.2) is 48.7 Å². The molecule has 0 atom stereocenters. The van der Waals surface area contributed by atoms with Gasteiger partial charge in [-0.2, -0.15) is 0 Å². The molecule has 0 bridgehead atoms. The summed E-state index contributed by atoms with van der Waals surface area (Å²) in [7, 11) is 0. The second-order valence-corrected chi connectivity index (χ2v) is 4.60. The average Bonchev–Trinajstić information content (AvgIpc) is 2.95. The van der Waals surface area contributed by atoms with E-state index >= 15 is 0 Å². The molecule has 1 aliphatic rings. The topological polar surface area (TPSA) is 34.2 Å². The van der Waals surface area contributed by atoms with Crippen LogP contribution in [-0.2, 0) is 0 Å². The summed E-state index contributed by atoms with van der Waals surface area (Å²) < 4.78 is 11.2. The van der Waals surface area contributed by atoms with Gasteiger partial charge in [-0.25, -0.2) is 0 Å². The first-order valence-corrected chi connectivity index (χ1v) is 6.38. The number of benzene rings is 2. The molecule has 3 aromatic rings. The molecule has 3 nitrogen and oxygen atoms in total. The summed E-state index contributed by atoms with van der Waals surface area (Å²) in [6, 6.07) is 14.5. The molecule has 1 aromatic heterocycles. The molecule has 0 saturated carbocycles. The van der Waals surface area contributed by atoms with E-state index < -0.39 is 0 Å². The maximum absolute atomic E-state index is 5.65. The second-order valence-electron chi connectivity index (χ2n) is 4.60. The first-order valence-electron chi connectivity index (χ1n) is 6.38. The maximum Gasteiger partial charge on any atom is 0.161 e. The van der Waals surface area contributed by atoms with Crippen LogP contribution in [0.1, 0.15) is 0 Å². The van der Waals surface area contributed by atoms with Crippen LogP contribution in [0.5, 0.6) is 11.5 Å². The molecular formula is C16H13NO2. The van der Waals surface area contributed by atoms with Crippen LogP contribution in [0.2, 0.25) is 0 Å². The van der Waals surface area contributed by atoms with Gasteiger partial charge in [-0.3, -0.25) is 0 Å². The third-order valence-electron chi connectivity index (χ3n) is 3.45. The lowest BCUT2D eigenvalue weighted by Gasteiger charge is -2.19. The second kappa shape index (κ2) is 4.05. The molecule has 2 aromatic carbocycles. The minimum atomic E-state index is 0.616. The van der Waals surface area contributed by atoms with E-state index in [0.29, 0.717) is 13.2 Å². The predicted molar refractivity (Wildman–Crippen MR) is 74.7 cm³/mol. The average molecular weight is 251 g/mol. The summed E-state index contributed by atoms with van der Waals surface area (Å²) in [6.45, 7) is 1.24. The van der Waals surface area contributed by atoms with Crippen LogP contribution >= 0.6 is 0 Å². The van der Waals surface area contributed by atoms with E-state index in [0.717, 1.165) is 22.6 Å². The molecule has 3 heteroatoms. The predicted octanol–water partition coefficient (Wildman–Crippen LogP) is 3.61. The highest BCUT2D eigenvalue weighted by molar-refractivity contribution is 5.95. The molecule has 19 heavy (non-hydrogen) atoms. The fourth-order valence-corrected chi connectivity index (χ4v) is 2.55. The number of hydrogen-bond donors (Lipinski definition) is 1. The molecule has 94 valence electrons. The summed E-state index contributed by atoms with van der Waals surface area (Å²) in [5.41, 5.74) is 3.50. The van der Waals surface area contributed by atoms with Crippen LogP contribution in [0.4, 0.5) is 0 Å². The smallest absolute Gasteiger partial charge is 0.161 e. The highest BCUT2D eigenvalue weighted by Gasteiger charge is 2.13. The lowest BCUT2D eigenvalue weighted by Crippen LogP contribution is -2.15. The molecule has 0 radical (unpaired) electrons. The van der Waals surface area contributed by atoms with Crippen molar-refractivity contribution >= 4 is 10.9 Å². The van der Waals surface area contributed by atoms with Gasteiger partial charge in [-0.1, -0.05) is 18.2 Å². The first kappa shape index (κ1) is 10.5. The fourth-order valence-electron chi connectivity index (χ4n) is 2.55. The Labute approximate surface area is 110 Å². The Hall–Kier alpha value is -2.42. The van der Waals surface area contributed by atoms with Gasteiger partial charge in [-0.15, -0.1) is 0 Å². The Morgan fingerprint density at radius 1 is 0.895 bits per heavy atom. The Morgan fingerprint density at radius 2 is 1.79 bits per heavy atom. The Morgan fingerprint density at radius 3 is 2.74 bits per heavy atom. The summed E-state index contributed by atoms with van der Waals surface area (Å²) in [6.07, 6.45) is 1.96. The van der Waals surface area contributed by atoms with Gasteiger partial charge in [0.25, 0.3) is 0 Å². The van der Waals surface area contributed by atoms with Crippen molar-refractivity contribution in [2.45, 2.75) is 0 Å². The third kappa shape index (κ3) is 1.66. The number of aromatic nitrogens is 1. The molecule has 0 aliphatic carbocycles. The van der Waals surface area contributed by atoms with Gasteiger partial charge in [-0.05, 0) is 35.4 Å². The van der Waals surface area contributed by atoms with Gasteiger partial charge < -0.3 is 14.5 Å². The lowest BCUT2D eigenvalue weighted by atomic mass is 10.0. The highest BCUT2D eigenvalue weighted by atomic mass is 16.6. The summed E-state index contributed by atoms with van der Waals surface area (Å²) in [5, 5.41) is 1.22. The van der Waals surface area contributed by atoms with Crippen molar-refractivity contribution in [2.75, 3.05) is 13.2 Å². The Balaban J connectivity index is 1.90. The summed E-state index contributed by atoms with van der Waals surface area (Å²) in [5.74, 6) is 1.66. The third-order valence-corrected chi connectivity index (χ3v) is 3.45. The van der Waals surface area contributed by atoms with E-state index in [1.807, 2.05) is 12.3 Å². The molecule has 0 amide bonds. The molecular weight excluding hydrogens is 238 g/mol. The van der Waals surface area contributed by atoms with E-state index in [9.17, 15) is 0 Å². The van der Waals surface area contributed by atoms with Gasteiger partial charge in [0.1, 0.15) is 13.2 Å². The molecule has 0 saturated heterocycles. The lowest BCUT2D eigenvalue weighted by molar-refractivity contribution is 0.171. The van der Waals surface area contributed by atoms with Gasteiger partial charge >= 0.3 is 0 Å². The van der Waals surface area contributed by atoms with Crippen molar-refractivity contribution in [3.63, 3.8) is 0 Å². The van der Waals surface area contributed by atoms with E-state index in [1.54, 1.807) is 0 Å². The van der Waals surface area contributed by atoms with Gasteiger partial charge in [0, 0.05) is 17.1 Å². The fraction of sp³-hybridized carbons (Fsp3) is 0.125. The zero-order chi connectivity index (χ0) is 12.7. The monoisotopic (exact) mass is 251 g/mol. The molecule has 1 aliphatic heterocycles. The summed E-state index contributed by atoms with van der Waals surface area (Å²) >= 11 is 0. The van der Waals surface area contributed by atoms with Crippen molar-refractivity contribution in [3.8, 4) is 22.6 Å². The van der Waals surface area contributed by atoms with Crippen molar-refractivity contribution in [1.29, 1.82) is 0 Å². The van der Waals surface area contributed by atoms with Crippen LogP contribution in [0.25, 0.3) is 22.0 Å². The van der Waals surface area contributed by atoms with Crippen molar-refractivity contribution in [3.05, 3.63) is 48.7 Å². The van der Waals surface area contributed by atoms with E-state index in [-0.39, 0.29) is 0 Å². The van der Waals surface area contributed by atoms with Crippen molar-refractivity contribution < 1.29 is 9.47 Å². The van der Waals surface area contributed by atoms with Crippen LogP contribution < -0.4 is 9.47 Å². The van der Waals surface area contributed by atoms with Gasteiger partial charge in [0.05, 0.1) is 0 Å². The number of rotatable bonds is 1. The molecule has 0 spiro atoms. The van der Waals surface area contributed by atoms with E-state index in [4.69, 9.17) is 9.47 Å². The number of aromatic amines is 1. The largest absolute Gasteiger partial charge is 0.486 e. The van der Waals surface area contributed by atoms with Crippen LogP contribution in [0, 0.1) is 0 Å². The minimum absolute atomic E-state index is 0.616. The van der Waals surface area contributed by atoms with Crippen molar-refractivity contribution in [2.24, 2.45) is 0 Å². The number of hydrogen-bond acceptors (Lipinski definition) is 2. The standard InChI is InChI=1S/C16H13NO2/c1-2-12(13-6-7-17-14(13)3-1)11-4-5-15-16(10-11)19-9-8-18-15/h1-7,10,17H,8-9H2. The molecule has 4 rings (SSSR count). The van der Waals surface area contributed by atoms with Gasteiger partial charge in [0.15, 0.2) is 11.5 Å². The molecule has 0 unspecified atom stereocenters. The van der Waals surface area contributed by atoms with Gasteiger partial charge in [0.2, 0.25) is 0 Å². The maximum atomic E-state index is 5.65. The van der Waals surface area contributed by atoms with Crippen LogP contribution in [0.3, 0.4) is 0 Å². The first-order chi connectivity index (χ1) is 9.42. The Bertz CT molecular complexity index is 745. The number of ether oxygens (including phenoxy) is 2. The van der Waals surface area contributed by atoms with Crippen molar-refractivity contribution in [1.82, 2.24) is 4.98 Å². The quantitative estimate of drug-likeness (QED) is 0.717. The normalized spacial score (nSPS) is 13.7. The highest BCUT2D eigenvalue weighted by Crippen LogP contribution is 2.36. The SMILES string of the molecule is c1cc(-c2ccc3c(c2)OCCO3)c2cc[nH]c2c1. The molecule has 2 heterocycles. The molecule has 1 N–H and O–H groups in total. The molecule has 0 fully saturated rings. The minimum Gasteiger partial charge on any atom is -0.486 e. The zero-order valence-corrected chi connectivity index (χ0v) is 10.3. The zero-order valence-electron chi connectivity index (χ0n) is 10.3. The van der Waals surface area contributed by atoms with E-state index in [2.05, 4.69) is 41.4 Å². The van der Waals surface area contributed by atoms with Crippen LogP contribution in [-0.4, -0.2) is 18.2 Å². The van der Waals surface area contributed by atoms with E-state index in [1.165, 1.54) is 10.9 Å². The number of fused-ring (bicyclic) bond motifs is 2. The summed E-state index contributed by atoms with van der Waals surface area (Å²) in [4.78, 5) is 3.24. The number of H-pyrrole nitrogens is 1. The number of nitrogens with one attached hydrogen (secondary N) is 1. The Kier molecular flexibility index (Phi) is 2.24.